The number of alkyl halides is 3. The molecule has 0 amide bonds. The van der Waals surface area contributed by atoms with Gasteiger partial charge in [0.15, 0.2) is 0 Å². The third-order valence-electron chi connectivity index (χ3n) is 2.96. The Balaban J connectivity index is 2.52. The van der Waals surface area contributed by atoms with E-state index in [9.17, 15) is 13.2 Å². The van der Waals surface area contributed by atoms with Gasteiger partial charge >= 0.3 is 6.18 Å². The van der Waals surface area contributed by atoms with Gasteiger partial charge < -0.3 is 5.73 Å². The van der Waals surface area contributed by atoms with Gasteiger partial charge in [0.2, 0.25) is 0 Å². The van der Waals surface area contributed by atoms with Gasteiger partial charge in [-0.3, -0.25) is 0 Å². The van der Waals surface area contributed by atoms with Gasteiger partial charge in [0.05, 0.1) is 5.56 Å². The van der Waals surface area contributed by atoms with Crippen molar-refractivity contribution in [2.75, 3.05) is 5.73 Å². The van der Waals surface area contributed by atoms with Crippen LogP contribution in [0.1, 0.15) is 16.7 Å². The molecule has 4 heteroatoms. The van der Waals surface area contributed by atoms with E-state index in [-0.39, 0.29) is 0 Å². The molecule has 0 unspecified atom stereocenters. The Kier molecular flexibility index (Phi) is 3.27. The smallest absolute Gasteiger partial charge is 0.399 e. The van der Waals surface area contributed by atoms with Crippen LogP contribution in [0.15, 0.2) is 36.4 Å². The maximum Gasteiger partial charge on any atom is 0.416 e. The van der Waals surface area contributed by atoms with Crippen molar-refractivity contribution in [2.45, 2.75) is 20.0 Å². The van der Waals surface area contributed by atoms with Crippen molar-refractivity contribution in [1.82, 2.24) is 0 Å². The molecule has 0 atom stereocenters. The number of rotatable bonds is 1. The fourth-order valence-corrected chi connectivity index (χ4v) is 2.13. The summed E-state index contributed by atoms with van der Waals surface area (Å²) in [5.74, 6) is 0. The summed E-state index contributed by atoms with van der Waals surface area (Å²) >= 11 is 0. The number of hydrogen-bond acceptors (Lipinski definition) is 1. The molecular formula is C15H14F3N. The first-order chi connectivity index (χ1) is 8.77. The third-order valence-corrected chi connectivity index (χ3v) is 2.96. The predicted octanol–water partition coefficient (Wildman–Crippen LogP) is 4.57. The molecular weight excluding hydrogens is 251 g/mol. The van der Waals surface area contributed by atoms with Crippen molar-refractivity contribution in [3.8, 4) is 11.1 Å². The van der Waals surface area contributed by atoms with Crippen LogP contribution in [0.2, 0.25) is 0 Å². The lowest BCUT2D eigenvalue weighted by molar-refractivity contribution is -0.137. The van der Waals surface area contributed by atoms with E-state index in [1.165, 1.54) is 6.07 Å². The SMILES string of the molecule is Cc1cc(N)cc(-c2ccc(C(F)(F)F)cc2C)c1. The van der Waals surface area contributed by atoms with Crippen LogP contribution in [-0.4, -0.2) is 0 Å². The molecule has 19 heavy (non-hydrogen) atoms. The molecule has 0 bridgehead atoms. The summed E-state index contributed by atoms with van der Waals surface area (Å²) in [6, 6.07) is 9.25. The van der Waals surface area contributed by atoms with Crippen LogP contribution in [0.3, 0.4) is 0 Å². The summed E-state index contributed by atoms with van der Waals surface area (Å²) in [4.78, 5) is 0. The molecule has 1 nitrogen and oxygen atoms in total. The number of hydrogen-bond donors (Lipinski definition) is 1. The van der Waals surface area contributed by atoms with E-state index in [0.29, 0.717) is 11.3 Å². The standard InChI is InChI=1S/C15H14F3N/c1-9-5-11(8-13(19)6-9)14-4-3-12(7-10(14)2)15(16,17)18/h3-8H,19H2,1-2H3. The number of benzene rings is 2. The van der Waals surface area contributed by atoms with Gasteiger partial charge in [-0.05, 0) is 60.4 Å². The Labute approximate surface area is 109 Å². The molecule has 2 aromatic carbocycles. The van der Waals surface area contributed by atoms with Crippen LogP contribution < -0.4 is 5.73 Å². The van der Waals surface area contributed by atoms with Crippen LogP contribution in [0, 0.1) is 13.8 Å². The minimum absolute atomic E-state index is 0.583. The van der Waals surface area contributed by atoms with Crippen molar-refractivity contribution in [2.24, 2.45) is 0 Å². The zero-order valence-electron chi connectivity index (χ0n) is 10.7. The van der Waals surface area contributed by atoms with Crippen molar-refractivity contribution >= 4 is 5.69 Å². The molecule has 2 N–H and O–H groups in total. The predicted molar refractivity (Wildman–Crippen MR) is 70.8 cm³/mol. The van der Waals surface area contributed by atoms with E-state index < -0.39 is 11.7 Å². The van der Waals surface area contributed by atoms with Gasteiger partial charge in [-0.2, -0.15) is 13.2 Å². The monoisotopic (exact) mass is 265 g/mol. The van der Waals surface area contributed by atoms with E-state index in [2.05, 4.69) is 0 Å². The lowest BCUT2D eigenvalue weighted by Crippen LogP contribution is -2.05. The fourth-order valence-electron chi connectivity index (χ4n) is 2.13. The first-order valence-electron chi connectivity index (χ1n) is 5.83. The van der Waals surface area contributed by atoms with Crippen molar-refractivity contribution in [1.29, 1.82) is 0 Å². The highest BCUT2D eigenvalue weighted by Gasteiger charge is 2.30. The van der Waals surface area contributed by atoms with Crippen molar-refractivity contribution in [3.63, 3.8) is 0 Å². The molecule has 0 aliphatic carbocycles. The second kappa shape index (κ2) is 4.61. The van der Waals surface area contributed by atoms with E-state index >= 15 is 0 Å². The molecule has 2 aromatic rings. The van der Waals surface area contributed by atoms with E-state index in [4.69, 9.17) is 5.73 Å². The highest BCUT2D eigenvalue weighted by atomic mass is 19.4. The molecule has 2 rings (SSSR count). The normalized spacial score (nSPS) is 11.6. The summed E-state index contributed by atoms with van der Waals surface area (Å²) in [7, 11) is 0. The Morgan fingerprint density at radius 2 is 1.63 bits per heavy atom. The molecule has 0 spiro atoms. The van der Waals surface area contributed by atoms with Gasteiger partial charge in [0.25, 0.3) is 0 Å². The molecule has 0 aliphatic rings. The third kappa shape index (κ3) is 2.89. The molecule has 100 valence electrons. The first kappa shape index (κ1) is 13.5. The van der Waals surface area contributed by atoms with Crippen molar-refractivity contribution in [3.05, 3.63) is 53.1 Å². The molecule has 0 aliphatic heterocycles. The average Bonchev–Trinajstić information content (AvgIpc) is 2.26. The molecule has 0 aromatic heterocycles. The van der Waals surface area contributed by atoms with E-state index in [0.717, 1.165) is 28.8 Å². The Morgan fingerprint density at radius 1 is 0.947 bits per heavy atom. The number of aryl methyl sites for hydroxylation is 2. The highest BCUT2D eigenvalue weighted by Crippen LogP contribution is 2.33. The van der Waals surface area contributed by atoms with Gasteiger partial charge in [-0.1, -0.05) is 12.1 Å². The Morgan fingerprint density at radius 3 is 2.16 bits per heavy atom. The minimum atomic E-state index is -4.31. The van der Waals surface area contributed by atoms with Crippen LogP contribution in [0.5, 0.6) is 0 Å². The van der Waals surface area contributed by atoms with Crippen LogP contribution in [0.25, 0.3) is 11.1 Å². The summed E-state index contributed by atoms with van der Waals surface area (Å²) in [6.07, 6.45) is -4.31. The molecule has 0 saturated heterocycles. The minimum Gasteiger partial charge on any atom is -0.399 e. The Hall–Kier alpha value is -1.97. The Bertz CT molecular complexity index is 595. The largest absolute Gasteiger partial charge is 0.416 e. The summed E-state index contributed by atoms with van der Waals surface area (Å²) < 4.78 is 37.8. The summed E-state index contributed by atoms with van der Waals surface area (Å²) in [5, 5.41) is 0. The average molecular weight is 265 g/mol. The van der Waals surface area contributed by atoms with Gasteiger partial charge in [-0.15, -0.1) is 0 Å². The van der Waals surface area contributed by atoms with Gasteiger partial charge in [-0.25, -0.2) is 0 Å². The number of anilines is 1. The highest BCUT2D eigenvalue weighted by molar-refractivity contribution is 5.71. The number of nitrogens with two attached hydrogens (primary N) is 1. The zero-order valence-corrected chi connectivity index (χ0v) is 10.7. The van der Waals surface area contributed by atoms with Crippen LogP contribution >= 0.6 is 0 Å². The number of nitrogen functional groups attached to an aromatic ring is 1. The fraction of sp³-hybridized carbons (Fsp3) is 0.200. The molecule has 0 saturated carbocycles. The quantitative estimate of drug-likeness (QED) is 0.751. The van der Waals surface area contributed by atoms with Gasteiger partial charge in [0.1, 0.15) is 0 Å². The van der Waals surface area contributed by atoms with Crippen LogP contribution in [-0.2, 0) is 6.18 Å². The van der Waals surface area contributed by atoms with Crippen molar-refractivity contribution < 1.29 is 13.2 Å². The van der Waals surface area contributed by atoms with E-state index in [1.54, 1.807) is 13.0 Å². The summed E-state index contributed by atoms with van der Waals surface area (Å²) in [6.45, 7) is 3.57. The maximum atomic E-state index is 12.6. The molecule has 0 fully saturated rings. The second-order valence-corrected chi connectivity index (χ2v) is 4.66. The lowest BCUT2D eigenvalue weighted by Gasteiger charge is -2.12. The first-order valence-corrected chi connectivity index (χ1v) is 5.83. The van der Waals surface area contributed by atoms with Crippen LogP contribution in [0.4, 0.5) is 18.9 Å². The second-order valence-electron chi connectivity index (χ2n) is 4.66. The lowest BCUT2D eigenvalue weighted by atomic mass is 9.96. The van der Waals surface area contributed by atoms with Gasteiger partial charge in [0, 0.05) is 5.69 Å². The zero-order chi connectivity index (χ0) is 14.2. The summed E-state index contributed by atoms with van der Waals surface area (Å²) in [5.41, 5.74) is 8.91. The molecule has 0 radical (unpaired) electrons. The number of halogens is 3. The topological polar surface area (TPSA) is 26.0 Å². The van der Waals surface area contributed by atoms with E-state index in [1.807, 2.05) is 19.1 Å². The maximum absolute atomic E-state index is 12.6. The molecule has 0 heterocycles.